The van der Waals surface area contributed by atoms with Gasteiger partial charge in [-0.3, -0.25) is 9.69 Å². The van der Waals surface area contributed by atoms with E-state index < -0.39 is 0 Å². The molecular weight excluding hydrogens is 430 g/mol. The second kappa shape index (κ2) is 10.5. The Morgan fingerprint density at radius 1 is 1.09 bits per heavy atom. The number of rotatable bonds is 8. The first-order valence-corrected chi connectivity index (χ1v) is 12.0. The van der Waals surface area contributed by atoms with Crippen molar-refractivity contribution < 1.29 is 14.3 Å². The summed E-state index contributed by atoms with van der Waals surface area (Å²) in [6.45, 7) is 11.3. The Hall–Kier alpha value is -2.97. The lowest BCUT2D eigenvalue weighted by Crippen LogP contribution is -2.32. The van der Waals surface area contributed by atoms with Gasteiger partial charge in [0.15, 0.2) is 5.82 Å². The van der Waals surface area contributed by atoms with Gasteiger partial charge in [-0.1, -0.05) is 31.0 Å². The molecular formula is C26H35N5O3. The van der Waals surface area contributed by atoms with Crippen LogP contribution in [-0.2, 0) is 26.1 Å². The average molecular weight is 466 g/mol. The fraction of sp³-hybridized carbons (Fsp3) is 0.500. The summed E-state index contributed by atoms with van der Waals surface area (Å²) < 4.78 is 7.85. The van der Waals surface area contributed by atoms with E-state index in [1.54, 1.807) is 0 Å². The number of aromatic nitrogens is 3. The van der Waals surface area contributed by atoms with Crippen molar-refractivity contribution in [2.24, 2.45) is 5.92 Å². The lowest BCUT2D eigenvalue weighted by molar-refractivity contribution is 0.0928. The molecule has 3 aromatic rings. The molecule has 0 fully saturated rings. The molecule has 8 heteroatoms. The summed E-state index contributed by atoms with van der Waals surface area (Å²) in [6, 6.07) is 9.44. The number of aliphatic hydroxyl groups excluding tert-OH is 1. The van der Waals surface area contributed by atoms with Gasteiger partial charge >= 0.3 is 0 Å². The average Bonchev–Trinajstić information content (AvgIpc) is 3.35. The van der Waals surface area contributed by atoms with E-state index in [1.165, 1.54) is 0 Å². The molecule has 1 aliphatic rings. The molecule has 1 aliphatic heterocycles. The summed E-state index contributed by atoms with van der Waals surface area (Å²) >= 11 is 0. The molecule has 2 aromatic heterocycles. The number of hydrogen-bond acceptors (Lipinski definition) is 6. The highest BCUT2D eigenvalue weighted by atomic mass is 16.4. The maximum atomic E-state index is 13.1. The molecule has 0 aliphatic carbocycles. The van der Waals surface area contributed by atoms with E-state index in [2.05, 4.69) is 44.9 Å². The molecule has 3 heterocycles. The minimum Gasteiger partial charge on any atom is -0.462 e. The molecule has 0 spiro atoms. The zero-order chi connectivity index (χ0) is 24.2. The predicted molar refractivity (Wildman–Crippen MR) is 129 cm³/mol. The third-order valence-corrected chi connectivity index (χ3v) is 6.21. The van der Waals surface area contributed by atoms with Gasteiger partial charge in [-0.05, 0) is 50.5 Å². The Kier molecular flexibility index (Phi) is 7.48. The van der Waals surface area contributed by atoms with Gasteiger partial charge in [0.1, 0.15) is 24.0 Å². The Bertz CT molecular complexity index is 1110. The van der Waals surface area contributed by atoms with E-state index in [0.717, 1.165) is 61.0 Å². The molecule has 8 nitrogen and oxygen atoms in total. The number of carbonyl (C=O) groups is 1. The molecule has 0 saturated carbocycles. The molecule has 34 heavy (non-hydrogen) atoms. The lowest BCUT2D eigenvalue weighted by atomic mass is 10.0. The van der Waals surface area contributed by atoms with Crippen LogP contribution >= 0.6 is 0 Å². The highest BCUT2D eigenvalue weighted by Crippen LogP contribution is 2.24. The van der Waals surface area contributed by atoms with Crippen molar-refractivity contribution in [1.29, 1.82) is 0 Å². The van der Waals surface area contributed by atoms with E-state index in [-0.39, 0.29) is 18.6 Å². The Labute approximate surface area is 201 Å². The summed E-state index contributed by atoms with van der Waals surface area (Å²) in [4.78, 5) is 15.5. The summed E-state index contributed by atoms with van der Waals surface area (Å²) in [5.74, 6) is 3.51. The number of nitrogens with one attached hydrogen (secondary N) is 1. The Morgan fingerprint density at radius 3 is 2.50 bits per heavy atom. The first-order chi connectivity index (χ1) is 16.3. The molecule has 1 amide bonds. The number of nitrogens with zero attached hydrogens (tertiary/aromatic N) is 4. The van der Waals surface area contributed by atoms with Crippen molar-refractivity contribution in [1.82, 2.24) is 25.0 Å². The maximum absolute atomic E-state index is 13.1. The van der Waals surface area contributed by atoms with Crippen molar-refractivity contribution in [3.63, 3.8) is 0 Å². The number of amides is 1. The van der Waals surface area contributed by atoms with Crippen LogP contribution in [0.4, 0.5) is 0 Å². The quantitative estimate of drug-likeness (QED) is 0.528. The number of benzene rings is 1. The van der Waals surface area contributed by atoms with Crippen LogP contribution in [0, 0.1) is 19.8 Å². The summed E-state index contributed by atoms with van der Waals surface area (Å²) in [5.41, 5.74) is 2.82. The zero-order valence-corrected chi connectivity index (χ0v) is 20.5. The van der Waals surface area contributed by atoms with Crippen molar-refractivity contribution in [2.45, 2.75) is 66.3 Å². The maximum Gasteiger partial charge on any atom is 0.251 e. The minimum absolute atomic E-state index is 0.0810. The van der Waals surface area contributed by atoms with Gasteiger partial charge in [-0.15, -0.1) is 10.2 Å². The molecule has 1 aromatic carbocycles. The molecule has 4 rings (SSSR count). The van der Waals surface area contributed by atoms with E-state index in [4.69, 9.17) is 4.42 Å². The molecule has 182 valence electrons. The Morgan fingerprint density at radius 2 is 1.82 bits per heavy atom. The van der Waals surface area contributed by atoms with Gasteiger partial charge in [-0.25, -0.2) is 0 Å². The summed E-state index contributed by atoms with van der Waals surface area (Å²) in [7, 11) is 0. The molecule has 1 atom stereocenters. The highest BCUT2D eigenvalue weighted by Gasteiger charge is 2.26. The van der Waals surface area contributed by atoms with Crippen molar-refractivity contribution in [2.75, 3.05) is 13.1 Å². The van der Waals surface area contributed by atoms with Gasteiger partial charge in [0.25, 0.3) is 5.91 Å². The van der Waals surface area contributed by atoms with E-state index in [1.807, 2.05) is 38.1 Å². The highest BCUT2D eigenvalue weighted by molar-refractivity contribution is 5.94. The standard InChI is InChI=1S/C26H35N5O3/c1-17(2)11-23(27-26(33)20-13-18(3)12-19(4)14-20)25-29-28-24-7-8-30(9-10-31(24)25)15-21-5-6-22(16-32)34-21/h5-6,12-14,17,23,32H,7-11,15-16H2,1-4H3,(H,27,33)/t23-/m0/s1. The van der Waals surface area contributed by atoms with Gasteiger partial charge in [0.2, 0.25) is 0 Å². The van der Waals surface area contributed by atoms with Crippen LogP contribution in [0.15, 0.2) is 34.7 Å². The largest absolute Gasteiger partial charge is 0.462 e. The van der Waals surface area contributed by atoms with Crippen LogP contribution in [0.3, 0.4) is 0 Å². The third kappa shape index (κ3) is 5.74. The van der Waals surface area contributed by atoms with Gasteiger partial charge in [0, 0.05) is 31.6 Å². The summed E-state index contributed by atoms with van der Waals surface area (Å²) in [5, 5.41) is 21.5. The van der Waals surface area contributed by atoms with Crippen molar-refractivity contribution in [3.05, 3.63) is 70.2 Å². The Balaban J connectivity index is 1.50. The van der Waals surface area contributed by atoms with Crippen molar-refractivity contribution >= 4 is 5.91 Å². The first-order valence-electron chi connectivity index (χ1n) is 12.0. The van der Waals surface area contributed by atoms with E-state index in [9.17, 15) is 9.90 Å². The van der Waals surface area contributed by atoms with Crippen molar-refractivity contribution in [3.8, 4) is 0 Å². The number of furan rings is 1. The van der Waals surface area contributed by atoms with Crippen LogP contribution in [0.5, 0.6) is 0 Å². The van der Waals surface area contributed by atoms with Crippen LogP contribution in [-0.4, -0.2) is 43.8 Å². The second-order valence-corrected chi connectivity index (χ2v) is 9.71. The number of hydrogen-bond donors (Lipinski definition) is 2. The fourth-order valence-corrected chi connectivity index (χ4v) is 4.67. The number of aryl methyl sites for hydroxylation is 2. The molecule has 0 radical (unpaired) electrons. The van der Waals surface area contributed by atoms with E-state index in [0.29, 0.717) is 23.8 Å². The molecule has 0 bridgehead atoms. The first kappa shape index (κ1) is 24.2. The van der Waals surface area contributed by atoms with Gasteiger partial charge < -0.3 is 19.4 Å². The van der Waals surface area contributed by atoms with Crippen LogP contribution < -0.4 is 5.32 Å². The monoisotopic (exact) mass is 465 g/mol. The molecule has 2 N–H and O–H groups in total. The zero-order valence-electron chi connectivity index (χ0n) is 20.5. The SMILES string of the molecule is Cc1cc(C)cc(C(=O)N[C@@H](CC(C)C)c2nnc3n2CCN(Cc2ccc(CO)o2)CC3)c1. The van der Waals surface area contributed by atoms with E-state index >= 15 is 0 Å². The number of carbonyl (C=O) groups excluding carboxylic acids is 1. The third-order valence-electron chi connectivity index (χ3n) is 6.21. The van der Waals surface area contributed by atoms with Crippen LogP contribution in [0.2, 0.25) is 0 Å². The molecule has 0 saturated heterocycles. The normalized spacial score (nSPS) is 15.2. The van der Waals surface area contributed by atoms with Crippen LogP contribution in [0.1, 0.15) is 71.0 Å². The summed E-state index contributed by atoms with van der Waals surface area (Å²) in [6.07, 6.45) is 1.56. The fourth-order valence-electron chi connectivity index (χ4n) is 4.67. The number of fused-ring (bicyclic) bond motifs is 1. The number of aliphatic hydroxyl groups is 1. The van der Waals surface area contributed by atoms with Gasteiger partial charge in [0.05, 0.1) is 12.6 Å². The topological polar surface area (TPSA) is 96.4 Å². The second-order valence-electron chi connectivity index (χ2n) is 9.71. The molecule has 0 unspecified atom stereocenters. The smallest absolute Gasteiger partial charge is 0.251 e. The van der Waals surface area contributed by atoms with Gasteiger partial charge in [-0.2, -0.15) is 0 Å². The minimum atomic E-state index is -0.210. The predicted octanol–water partition coefficient (Wildman–Crippen LogP) is 3.56. The lowest BCUT2D eigenvalue weighted by Gasteiger charge is -2.22. The van der Waals surface area contributed by atoms with Crippen LogP contribution in [0.25, 0.3) is 0 Å².